The minimum atomic E-state index is 0.249. The Bertz CT molecular complexity index is 344. The summed E-state index contributed by atoms with van der Waals surface area (Å²) in [5, 5.41) is 4.11. The molecular formula is C10H14BrN3O. The summed E-state index contributed by atoms with van der Waals surface area (Å²) in [6.07, 6.45) is 6.48. The highest BCUT2D eigenvalue weighted by Crippen LogP contribution is 2.10. The Labute approximate surface area is 97.4 Å². The van der Waals surface area contributed by atoms with Crippen molar-refractivity contribution < 1.29 is 4.79 Å². The molecule has 1 aliphatic rings. The van der Waals surface area contributed by atoms with E-state index in [1.807, 2.05) is 11.1 Å². The van der Waals surface area contributed by atoms with Crippen molar-refractivity contribution in [3.8, 4) is 0 Å². The van der Waals surface area contributed by atoms with Gasteiger partial charge in [0.05, 0.1) is 10.7 Å². The van der Waals surface area contributed by atoms with Crippen molar-refractivity contribution in [3.05, 3.63) is 16.9 Å². The Balaban J connectivity index is 1.80. The zero-order valence-electron chi connectivity index (χ0n) is 8.53. The molecule has 2 rings (SSSR count). The molecule has 0 radical (unpaired) electrons. The van der Waals surface area contributed by atoms with Crippen molar-refractivity contribution in [2.45, 2.75) is 25.8 Å². The van der Waals surface area contributed by atoms with E-state index in [0.717, 1.165) is 30.4 Å². The Morgan fingerprint density at radius 2 is 2.20 bits per heavy atom. The molecule has 0 aromatic carbocycles. The van der Waals surface area contributed by atoms with E-state index >= 15 is 0 Å². The minimum absolute atomic E-state index is 0.249. The molecule has 0 atom stereocenters. The van der Waals surface area contributed by atoms with Crippen LogP contribution < -0.4 is 0 Å². The van der Waals surface area contributed by atoms with E-state index in [2.05, 4.69) is 21.0 Å². The van der Waals surface area contributed by atoms with Crippen LogP contribution in [0, 0.1) is 0 Å². The highest BCUT2D eigenvalue weighted by atomic mass is 79.9. The van der Waals surface area contributed by atoms with Gasteiger partial charge in [0.15, 0.2) is 0 Å². The lowest BCUT2D eigenvalue weighted by Gasteiger charge is -2.14. The van der Waals surface area contributed by atoms with Gasteiger partial charge in [-0.3, -0.25) is 9.48 Å². The number of hydrogen-bond donors (Lipinski definition) is 0. The molecule has 0 spiro atoms. The first-order chi connectivity index (χ1) is 7.25. The number of aryl methyl sites for hydroxylation is 1. The quantitative estimate of drug-likeness (QED) is 0.839. The van der Waals surface area contributed by atoms with Gasteiger partial charge < -0.3 is 4.90 Å². The fourth-order valence-electron chi connectivity index (χ4n) is 1.80. The van der Waals surface area contributed by atoms with Crippen LogP contribution in [0.3, 0.4) is 0 Å². The van der Waals surface area contributed by atoms with Crippen molar-refractivity contribution in [3.63, 3.8) is 0 Å². The van der Waals surface area contributed by atoms with Gasteiger partial charge in [0.25, 0.3) is 0 Å². The number of likely N-dealkylation sites (tertiary alicyclic amines) is 1. The van der Waals surface area contributed by atoms with E-state index in [0.29, 0.717) is 13.0 Å². The van der Waals surface area contributed by atoms with Crippen LogP contribution in [0.15, 0.2) is 16.9 Å². The summed E-state index contributed by atoms with van der Waals surface area (Å²) >= 11 is 3.33. The van der Waals surface area contributed by atoms with Crippen molar-refractivity contribution in [2.75, 3.05) is 13.1 Å². The smallest absolute Gasteiger partial charge is 0.224 e. The molecule has 0 saturated carbocycles. The second-order valence-corrected chi connectivity index (χ2v) is 4.68. The maximum atomic E-state index is 11.7. The molecule has 0 unspecified atom stereocenters. The van der Waals surface area contributed by atoms with Gasteiger partial charge in [0.2, 0.25) is 5.91 Å². The third-order valence-corrected chi connectivity index (χ3v) is 3.02. The lowest BCUT2D eigenvalue weighted by atomic mass is 10.3. The van der Waals surface area contributed by atoms with Crippen molar-refractivity contribution in [2.24, 2.45) is 0 Å². The maximum Gasteiger partial charge on any atom is 0.224 e. The molecule has 2 heterocycles. The maximum absolute atomic E-state index is 11.7. The summed E-state index contributed by atoms with van der Waals surface area (Å²) in [4.78, 5) is 13.6. The highest BCUT2D eigenvalue weighted by molar-refractivity contribution is 9.10. The normalized spacial score (nSPS) is 15.9. The average Bonchev–Trinajstić information content (AvgIpc) is 2.84. The number of rotatable bonds is 3. The molecule has 1 aliphatic heterocycles. The Kier molecular flexibility index (Phi) is 3.41. The van der Waals surface area contributed by atoms with E-state index in [1.54, 1.807) is 10.9 Å². The van der Waals surface area contributed by atoms with Crippen LogP contribution in [-0.4, -0.2) is 33.7 Å². The molecule has 0 N–H and O–H groups in total. The fraction of sp³-hybridized carbons (Fsp3) is 0.600. The SMILES string of the molecule is O=C(CCn1cc(Br)cn1)N1CCCC1. The summed E-state index contributed by atoms with van der Waals surface area (Å²) in [6.45, 7) is 2.53. The fourth-order valence-corrected chi connectivity index (χ4v) is 2.12. The topological polar surface area (TPSA) is 38.1 Å². The first kappa shape index (κ1) is 10.7. The number of carbonyl (C=O) groups excluding carboxylic acids is 1. The zero-order chi connectivity index (χ0) is 10.7. The molecular weight excluding hydrogens is 258 g/mol. The van der Waals surface area contributed by atoms with Gasteiger partial charge in [-0.15, -0.1) is 0 Å². The van der Waals surface area contributed by atoms with Gasteiger partial charge in [0, 0.05) is 32.3 Å². The molecule has 5 heteroatoms. The van der Waals surface area contributed by atoms with Gasteiger partial charge in [-0.05, 0) is 28.8 Å². The summed E-state index contributed by atoms with van der Waals surface area (Å²) in [5.74, 6) is 0.249. The number of halogens is 1. The second kappa shape index (κ2) is 4.79. The first-order valence-corrected chi connectivity index (χ1v) is 6.01. The number of aromatic nitrogens is 2. The van der Waals surface area contributed by atoms with E-state index in [1.165, 1.54) is 0 Å². The van der Waals surface area contributed by atoms with Crippen molar-refractivity contribution in [1.82, 2.24) is 14.7 Å². The summed E-state index contributed by atoms with van der Waals surface area (Å²) < 4.78 is 2.74. The lowest BCUT2D eigenvalue weighted by molar-refractivity contribution is -0.130. The molecule has 1 saturated heterocycles. The van der Waals surface area contributed by atoms with Crippen LogP contribution in [-0.2, 0) is 11.3 Å². The van der Waals surface area contributed by atoms with Gasteiger partial charge in [-0.2, -0.15) is 5.10 Å². The van der Waals surface area contributed by atoms with Crippen LogP contribution in [0.25, 0.3) is 0 Å². The summed E-state index contributed by atoms with van der Waals surface area (Å²) in [6, 6.07) is 0. The van der Waals surface area contributed by atoms with E-state index in [4.69, 9.17) is 0 Å². The van der Waals surface area contributed by atoms with Crippen LogP contribution in [0.1, 0.15) is 19.3 Å². The van der Waals surface area contributed by atoms with Gasteiger partial charge in [-0.1, -0.05) is 0 Å². The predicted molar refractivity (Wildman–Crippen MR) is 60.4 cm³/mol. The lowest BCUT2D eigenvalue weighted by Crippen LogP contribution is -2.28. The molecule has 0 bridgehead atoms. The van der Waals surface area contributed by atoms with Crippen LogP contribution in [0.4, 0.5) is 0 Å². The largest absolute Gasteiger partial charge is 0.343 e. The Hall–Kier alpha value is -0.840. The molecule has 1 aromatic heterocycles. The third kappa shape index (κ3) is 2.81. The van der Waals surface area contributed by atoms with Crippen LogP contribution >= 0.6 is 15.9 Å². The molecule has 4 nitrogen and oxygen atoms in total. The van der Waals surface area contributed by atoms with Gasteiger partial charge >= 0.3 is 0 Å². The molecule has 1 fully saturated rings. The van der Waals surface area contributed by atoms with Crippen LogP contribution in [0.5, 0.6) is 0 Å². The van der Waals surface area contributed by atoms with E-state index in [9.17, 15) is 4.79 Å². The van der Waals surface area contributed by atoms with Crippen molar-refractivity contribution in [1.29, 1.82) is 0 Å². The molecule has 1 aromatic rings. The summed E-state index contributed by atoms with van der Waals surface area (Å²) in [7, 11) is 0. The van der Waals surface area contributed by atoms with Crippen molar-refractivity contribution >= 4 is 21.8 Å². The first-order valence-electron chi connectivity index (χ1n) is 5.21. The number of hydrogen-bond acceptors (Lipinski definition) is 2. The number of nitrogens with zero attached hydrogens (tertiary/aromatic N) is 3. The molecule has 15 heavy (non-hydrogen) atoms. The monoisotopic (exact) mass is 271 g/mol. The zero-order valence-corrected chi connectivity index (χ0v) is 10.1. The van der Waals surface area contributed by atoms with Crippen LogP contribution in [0.2, 0.25) is 0 Å². The Morgan fingerprint density at radius 3 is 2.80 bits per heavy atom. The molecule has 0 aliphatic carbocycles. The summed E-state index contributed by atoms with van der Waals surface area (Å²) in [5.41, 5.74) is 0. The molecule has 1 amide bonds. The second-order valence-electron chi connectivity index (χ2n) is 3.76. The minimum Gasteiger partial charge on any atom is -0.343 e. The van der Waals surface area contributed by atoms with Gasteiger partial charge in [0.1, 0.15) is 0 Å². The molecule has 82 valence electrons. The van der Waals surface area contributed by atoms with E-state index < -0.39 is 0 Å². The van der Waals surface area contributed by atoms with Gasteiger partial charge in [-0.25, -0.2) is 0 Å². The standard InChI is InChI=1S/C10H14BrN3O/c11-9-7-12-14(8-9)6-3-10(15)13-4-1-2-5-13/h7-8H,1-6H2. The number of carbonyl (C=O) groups is 1. The van der Waals surface area contributed by atoms with E-state index in [-0.39, 0.29) is 5.91 Å². The third-order valence-electron chi connectivity index (χ3n) is 2.62. The average molecular weight is 272 g/mol. The Morgan fingerprint density at radius 1 is 1.47 bits per heavy atom. The number of amides is 1. The predicted octanol–water partition coefficient (Wildman–Crippen LogP) is 1.66. The highest BCUT2D eigenvalue weighted by Gasteiger charge is 2.17.